The summed E-state index contributed by atoms with van der Waals surface area (Å²) in [6.07, 6.45) is 0. The molecule has 0 heterocycles. The SMILES string of the molecule is CCOc1cc(C(=O)NCc2c(C)cc(C)cc2C)c([N+](=O)[O-])cc1OC. The molecule has 1 amide bonds. The number of benzene rings is 2. The van der Waals surface area contributed by atoms with Gasteiger partial charge in [0.05, 0.1) is 24.7 Å². The predicted molar refractivity (Wildman–Crippen MR) is 103 cm³/mol. The number of hydrogen-bond acceptors (Lipinski definition) is 5. The van der Waals surface area contributed by atoms with Crippen molar-refractivity contribution in [3.8, 4) is 11.5 Å². The Hall–Kier alpha value is -3.09. The summed E-state index contributed by atoms with van der Waals surface area (Å²) in [6, 6.07) is 6.64. The van der Waals surface area contributed by atoms with Crippen molar-refractivity contribution in [3.63, 3.8) is 0 Å². The number of amides is 1. The van der Waals surface area contributed by atoms with E-state index in [2.05, 4.69) is 5.32 Å². The molecule has 2 aromatic rings. The van der Waals surface area contributed by atoms with Crippen LogP contribution < -0.4 is 14.8 Å². The highest BCUT2D eigenvalue weighted by molar-refractivity contribution is 5.99. The van der Waals surface area contributed by atoms with E-state index in [-0.39, 0.29) is 23.5 Å². The first-order valence-electron chi connectivity index (χ1n) is 8.62. The number of aryl methyl sites for hydroxylation is 3. The molecule has 0 aliphatic carbocycles. The Morgan fingerprint density at radius 1 is 1.11 bits per heavy atom. The Bertz CT molecular complexity index is 854. The second kappa shape index (κ2) is 8.53. The summed E-state index contributed by atoms with van der Waals surface area (Å²) in [7, 11) is 1.39. The number of methoxy groups -OCH3 is 1. The van der Waals surface area contributed by atoms with Crippen molar-refractivity contribution in [2.24, 2.45) is 0 Å². The number of carbonyl (C=O) groups is 1. The van der Waals surface area contributed by atoms with E-state index < -0.39 is 10.8 Å². The van der Waals surface area contributed by atoms with Crippen LogP contribution in [0, 0.1) is 30.9 Å². The van der Waals surface area contributed by atoms with Gasteiger partial charge in [0.2, 0.25) is 0 Å². The topological polar surface area (TPSA) is 90.7 Å². The van der Waals surface area contributed by atoms with Crippen molar-refractivity contribution < 1.29 is 19.2 Å². The molecule has 0 aromatic heterocycles. The van der Waals surface area contributed by atoms with Crippen LogP contribution in [-0.4, -0.2) is 24.5 Å². The molecule has 0 aliphatic rings. The van der Waals surface area contributed by atoms with Crippen LogP contribution in [0.1, 0.15) is 39.5 Å². The first-order chi connectivity index (χ1) is 12.8. The molecule has 7 nitrogen and oxygen atoms in total. The quantitative estimate of drug-likeness (QED) is 0.589. The van der Waals surface area contributed by atoms with E-state index in [9.17, 15) is 14.9 Å². The lowest BCUT2D eigenvalue weighted by Crippen LogP contribution is -2.24. The van der Waals surface area contributed by atoms with Gasteiger partial charge in [-0.05, 0) is 44.4 Å². The summed E-state index contributed by atoms with van der Waals surface area (Å²) in [6.45, 7) is 8.37. The second-order valence-corrected chi connectivity index (χ2v) is 6.27. The van der Waals surface area contributed by atoms with Crippen LogP contribution in [0.15, 0.2) is 24.3 Å². The van der Waals surface area contributed by atoms with Crippen LogP contribution in [0.3, 0.4) is 0 Å². The lowest BCUT2D eigenvalue weighted by Gasteiger charge is -2.14. The Morgan fingerprint density at radius 2 is 1.74 bits per heavy atom. The van der Waals surface area contributed by atoms with Crippen LogP contribution >= 0.6 is 0 Å². The summed E-state index contributed by atoms with van der Waals surface area (Å²) in [4.78, 5) is 23.5. The van der Waals surface area contributed by atoms with E-state index in [4.69, 9.17) is 9.47 Å². The maximum absolute atomic E-state index is 12.7. The first kappa shape index (κ1) is 20.2. The second-order valence-electron chi connectivity index (χ2n) is 6.27. The monoisotopic (exact) mass is 372 g/mol. The van der Waals surface area contributed by atoms with Crippen molar-refractivity contribution in [1.82, 2.24) is 5.32 Å². The van der Waals surface area contributed by atoms with Crippen LogP contribution in [-0.2, 0) is 6.54 Å². The predicted octanol–water partition coefficient (Wildman–Crippen LogP) is 3.86. The number of hydrogen-bond donors (Lipinski definition) is 1. The van der Waals surface area contributed by atoms with Gasteiger partial charge < -0.3 is 14.8 Å². The normalized spacial score (nSPS) is 10.4. The molecular weight excluding hydrogens is 348 g/mol. The van der Waals surface area contributed by atoms with E-state index in [0.29, 0.717) is 12.4 Å². The fourth-order valence-corrected chi connectivity index (χ4v) is 3.06. The molecule has 0 atom stereocenters. The summed E-state index contributed by atoms with van der Waals surface area (Å²) < 4.78 is 10.6. The van der Waals surface area contributed by atoms with E-state index in [1.165, 1.54) is 19.2 Å². The highest BCUT2D eigenvalue weighted by Crippen LogP contribution is 2.34. The van der Waals surface area contributed by atoms with Crippen LogP contribution in [0.4, 0.5) is 5.69 Å². The Labute approximate surface area is 158 Å². The van der Waals surface area contributed by atoms with Crippen LogP contribution in [0.5, 0.6) is 11.5 Å². The lowest BCUT2D eigenvalue weighted by atomic mass is 9.99. The minimum Gasteiger partial charge on any atom is -0.493 e. The minimum atomic E-state index is -0.602. The minimum absolute atomic E-state index is 0.0633. The van der Waals surface area contributed by atoms with E-state index in [1.807, 2.05) is 32.9 Å². The van der Waals surface area contributed by atoms with Crippen LogP contribution in [0.25, 0.3) is 0 Å². The number of nitrogens with zero attached hydrogens (tertiary/aromatic N) is 1. The third-order valence-corrected chi connectivity index (χ3v) is 4.29. The summed E-state index contributed by atoms with van der Waals surface area (Å²) in [5, 5.41) is 14.2. The van der Waals surface area contributed by atoms with Crippen molar-refractivity contribution in [1.29, 1.82) is 0 Å². The van der Waals surface area contributed by atoms with Crippen molar-refractivity contribution in [3.05, 3.63) is 62.2 Å². The average molecular weight is 372 g/mol. The molecule has 7 heteroatoms. The number of rotatable bonds is 7. The number of nitrogens with one attached hydrogen (secondary N) is 1. The largest absolute Gasteiger partial charge is 0.493 e. The molecular formula is C20H24N2O5. The van der Waals surface area contributed by atoms with Gasteiger partial charge in [-0.2, -0.15) is 0 Å². The maximum atomic E-state index is 12.7. The molecule has 27 heavy (non-hydrogen) atoms. The van der Waals surface area contributed by atoms with Crippen molar-refractivity contribution >= 4 is 11.6 Å². The maximum Gasteiger partial charge on any atom is 0.286 e. The zero-order valence-electron chi connectivity index (χ0n) is 16.2. The number of carbonyl (C=O) groups excluding carboxylic acids is 1. The molecule has 0 spiro atoms. The van der Waals surface area contributed by atoms with E-state index in [1.54, 1.807) is 6.92 Å². The van der Waals surface area contributed by atoms with Crippen LogP contribution in [0.2, 0.25) is 0 Å². The number of nitro benzene ring substituents is 1. The highest BCUT2D eigenvalue weighted by atomic mass is 16.6. The van der Waals surface area contributed by atoms with Gasteiger partial charge in [-0.3, -0.25) is 14.9 Å². The average Bonchev–Trinajstić information content (AvgIpc) is 2.60. The molecule has 0 fully saturated rings. The first-order valence-corrected chi connectivity index (χ1v) is 8.62. The van der Waals surface area contributed by atoms with E-state index in [0.717, 1.165) is 22.3 Å². The molecule has 0 unspecified atom stereocenters. The Morgan fingerprint density at radius 3 is 2.26 bits per heavy atom. The zero-order valence-corrected chi connectivity index (χ0v) is 16.2. The van der Waals surface area contributed by atoms with Gasteiger partial charge in [-0.1, -0.05) is 17.7 Å². The smallest absolute Gasteiger partial charge is 0.286 e. The third kappa shape index (κ3) is 4.55. The molecule has 0 radical (unpaired) electrons. The summed E-state index contributed by atoms with van der Waals surface area (Å²) in [5.74, 6) is -0.0338. The standard InChI is InChI=1S/C20H24N2O5/c1-6-27-19-9-15(17(22(24)25)10-18(19)26-5)20(23)21-11-16-13(3)7-12(2)8-14(16)4/h7-10H,6,11H2,1-5H3,(H,21,23). The summed E-state index contributed by atoms with van der Waals surface area (Å²) in [5.41, 5.74) is 3.87. The Kier molecular flexibility index (Phi) is 6.39. The number of nitro groups is 1. The molecule has 1 N–H and O–H groups in total. The van der Waals surface area contributed by atoms with Gasteiger partial charge in [-0.25, -0.2) is 0 Å². The Balaban J connectivity index is 2.35. The molecule has 2 aromatic carbocycles. The van der Waals surface area contributed by atoms with Gasteiger partial charge in [0.15, 0.2) is 11.5 Å². The molecule has 0 aliphatic heterocycles. The molecule has 0 bridgehead atoms. The van der Waals surface area contributed by atoms with Gasteiger partial charge in [0.1, 0.15) is 5.56 Å². The summed E-state index contributed by atoms with van der Waals surface area (Å²) >= 11 is 0. The number of ether oxygens (including phenoxy) is 2. The molecule has 2 rings (SSSR count). The third-order valence-electron chi connectivity index (χ3n) is 4.29. The highest BCUT2D eigenvalue weighted by Gasteiger charge is 2.24. The fraction of sp³-hybridized carbons (Fsp3) is 0.350. The van der Waals surface area contributed by atoms with Gasteiger partial charge >= 0.3 is 0 Å². The fourth-order valence-electron chi connectivity index (χ4n) is 3.06. The van der Waals surface area contributed by atoms with Gasteiger partial charge in [0, 0.05) is 12.6 Å². The van der Waals surface area contributed by atoms with Gasteiger partial charge in [0.25, 0.3) is 11.6 Å². The lowest BCUT2D eigenvalue weighted by molar-refractivity contribution is -0.385. The van der Waals surface area contributed by atoms with Crippen molar-refractivity contribution in [2.75, 3.05) is 13.7 Å². The van der Waals surface area contributed by atoms with Gasteiger partial charge in [-0.15, -0.1) is 0 Å². The van der Waals surface area contributed by atoms with E-state index >= 15 is 0 Å². The zero-order chi connectivity index (χ0) is 20.1. The van der Waals surface area contributed by atoms with Crippen molar-refractivity contribution in [2.45, 2.75) is 34.2 Å². The molecule has 0 saturated carbocycles. The molecule has 0 saturated heterocycles. The molecule has 144 valence electrons.